The number of hydrogen-bond acceptors (Lipinski definition) is 3. The van der Waals surface area contributed by atoms with Gasteiger partial charge < -0.3 is 16.0 Å². The van der Waals surface area contributed by atoms with Gasteiger partial charge in [0.15, 0.2) is 0 Å². The first-order chi connectivity index (χ1) is 11.7. The Kier molecular flexibility index (Phi) is 5.49. The maximum Gasteiger partial charge on any atom is 0.225 e. The number of anilines is 2. The van der Waals surface area contributed by atoms with Crippen LogP contribution >= 0.6 is 0 Å². The van der Waals surface area contributed by atoms with Gasteiger partial charge in [0.25, 0.3) is 0 Å². The fraction of sp³-hybridized carbons (Fsp3) is 0.350. The van der Waals surface area contributed by atoms with E-state index >= 15 is 0 Å². The number of carbonyl (C=O) groups is 1. The zero-order valence-corrected chi connectivity index (χ0v) is 14.1. The Morgan fingerprint density at radius 2 is 1.83 bits per heavy atom. The van der Waals surface area contributed by atoms with Gasteiger partial charge in [-0.3, -0.25) is 4.79 Å². The number of amides is 1. The van der Waals surface area contributed by atoms with Crippen molar-refractivity contribution in [3.05, 3.63) is 60.2 Å². The summed E-state index contributed by atoms with van der Waals surface area (Å²) in [4.78, 5) is 12.0. The van der Waals surface area contributed by atoms with Gasteiger partial charge in [0.2, 0.25) is 5.91 Å². The summed E-state index contributed by atoms with van der Waals surface area (Å²) in [6.45, 7) is 3.16. The molecule has 4 nitrogen and oxygen atoms in total. The van der Waals surface area contributed by atoms with Crippen LogP contribution in [-0.2, 0) is 4.79 Å². The summed E-state index contributed by atoms with van der Waals surface area (Å²) in [5.74, 6) is 0.0766. The first kappa shape index (κ1) is 16.5. The second-order valence-electron chi connectivity index (χ2n) is 6.40. The van der Waals surface area contributed by atoms with Crippen LogP contribution in [-0.4, -0.2) is 18.5 Å². The molecule has 1 saturated heterocycles. The van der Waals surface area contributed by atoms with E-state index in [1.54, 1.807) is 0 Å². The van der Waals surface area contributed by atoms with Crippen molar-refractivity contribution in [2.24, 2.45) is 0 Å². The lowest BCUT2D eigenvalue weighted by Gasteiger charge is -2.16. The van der Waals surface area contributed by atoms with Crippen molar-refractivity contribution in [1.82, 2.24) is 5.32 Å². The zero-order chi connectivity index (χ0) is 16.8. The Bertz CT molecular complexity index is 648. The third kappa shape index (κ3) is 4.59. The Labute approximate surface area is 143 Å². The Balaban J connectivity index is 1.52. The van der Waals surface area contributed by atoms with Gasteiger partial charge in [-0.2, -0.15) is 0 Å². The summed E-state index contributed by atoms with van der Waals surface area (Å²) < 4.78 is 0. The normalized spacial score (nSPS) is 18.1. The van der Waals surface area contributed by atoms with Crippen molar-refractivity contribution in [1.29, 1.82) is 0 Å². The summed E-state index contributed by atoms with van der Waals surface area (Å²) in [5.41, 5.74) is 3.14. The maximum atomic E-state index is 12.0. The second-order valence-corrected chi connectivity index (χ2v) is 6.40. The molecule has 2 unspecified atom stereocenters. The molecule has 3 N–H and O–H groups in total. The Morgan fingerprint density at radius 3 is 2.50 bits per heavy atom. The van der Waals surface area contributed by atoms with Gasteiger partial charge in [-0.15, -0.1) is 0 Å². The minimum atomic E-state index is 0.0766. The van der Waals surface area contributed by atoms with Gasteiger partial charge in [0, 0.05) is 29.9 Å². The lowest BCUT2D eigenvalue weighted by molar-refractivity contribution is -0.116. The van der Waals surface area contributed by atoms with E-state index in [0.29, 0.717) is 12.5 Å². The molecule has 2 aromatic rings. The van der Waals surface area contributed by atoms with Gasteiger partial charge in [-0.25, -0.2) is 0 Å². The van der Waals surface area contributed by atoms with E-state index in [1.807, 2.05) is 42.5 Å². The van der Waals surface area contributed by atoms with Crippen LogP contribution in [0.15, 0.2) is 54.6 Å². The summed E-state index contributed by atoms with van der Waals surface area (Å²) in [6.07, 6.45) is 2.80. The van der Waals surface area contributed by atoms with Crippen molar-refractivity contribution in [3.8, 4) is 0 Å². The number of benzene rings is 2. The highest BCUT2D eigenvalue weighted by Crippen LogP contribution is 2.21. The van der Waals surface area contributed by atoms with E-state index in [9.17, 15) is 4.79 Å². The number of nitrogens with one attached hydrogen (secondary N) is 3. The average Bonchev–Trinajstić information content (AvgIpc) is 3.10. The topological polar surface area (TPSA) is 53.2 Å². The molecule has 1 amide bonds. The fourth-order valence-corrected chi connectivity index (χ4v) is 3.09. The predicted molar refractivity (Wildman–Crippen MR) is 99.2 cm³/mol. The average molecular weight is 323 g/mol. The van der Waals surface area contributed by atoms with E-state index < -0.39 is 0 Å². The van der Waals surface area contributed by atoms with Crippen LogP contribution in [0.5, 0.6) is 0 Å². The Hall–Kier alpha value is -2.33. The van der Waals surface area contributed by atoms with Gasteiger partial charge in [-0.1, -0.05) is 30.3 Å². The predicted octanol–water partition coefficient (Wildman–Crippen LogP) is 3.94. The number of hydrogen-bond donors (Lipinski definition) is 3. The molecule has 1 heterocycles. The second kappa shape index (κ2) is 7.97. The van der Waals surface area contributed by atoms with Crippen LogP contribution < -0.4 is 16.0 Å². The van der Waals surface area contributed by atoms with Crippen LogP contribution in [0, 0.1) is 0 Å². The highest BCUT2D eigenvalue weighted by molar-refractivity contribution is 5.91. The quantitative estimate of drug-likeness (QED) is 0.755. The maximum absolute atomic E-state index is 12.0. The molecule has 0 saturated carbocycles. The van der Waals surface area contributed by atoms with Gasteiger partial charge >= 0.3 is 0 Å². The van der Waals surface area contributed by atoms with Crippen molar-refractivity contribution < 1.29 is 4.79 Å². The van der Waals surface area contributed by atoms with Gasteiger partial charge in [0.1, 0.15) is 0 Å². The summed E-state index contributed by atoms with van der Waals surface area (Å²) >= 11 is 0. The smallest absolute Gasteiger partial charge is 0.225 e. The molecule has 1 aliphatic heterocycles. The van der Waals surface area contributed by atoms with E-state index in [2.05, 4.69) is 35.0 Å². The van der Waals surface area contributed by atoms with E-state index in [4.69, 9.17) is 0 Å². The first-order valence-electron chi connectivity index (χ1n) is 8.65. The fourth-order valence-electron chi connectivity index (χ4n) is 3.09. The molecule has 0 spiro atoms. The minimum Gasteiger partial charge on any atom is -0.379 e. The molecule has 1 fully saturated rings. The van der Waals surface area contributed by atoms with Crippen LogP contribution in [0.25, 0.3) is 0 Å². The summed E-state index contributed by atoms with van der Waals surface area (Å²) in [5, 5.41) is 9.80. The molecular formula is C20H25N3O. The van der Waals surface area contributed by atoms with Gasteiger partial charge in [-0.05, 0) is 56.1 Å². The van der Waals surface area contributed by atoms with Crippen molar-refractivity contribution in [2.45, 2.75) is 38.3 Å². The van der Waals surface area contributed by atoms with Crippen molar-refractivity contribution in [3.63, 3.8) is 0 Å². The SMILES string of the molecule is CC(Nc1ccc(NC(=O)CC2CCCN2)cc1)c1ccccc1. The first-order valence-corrected chi connectivity index (χ1v) is 8.65. The van der Waals surface area contributed by atoms with Crippen LogP contribution in [0.4, 0.5) is 11.4 Å². The minimum absolute atomic E-state index is 0.0766. The third-order valence-corrected chi connectivity index (χ3v) is 4.45. The van der Waals surface area contributed by atoms with Crippen LogP contribution in [0.2, 0.25) is 0 Å². The zero-order valence-electron chi connectivity index (χ0n) is 14.1. The molecule has 2 atom stereocenters. The molecule has 4 heteroatoms. The lowest BCUT2D eigenvalue weighted by Crippen LogP contribution is -2.27. The standard InChI is InChI=1S/C20H25N3O/c1-15(16-6-3-2-4-7-16)22-17-9-11-18(12-10-17)23-20(24)14-19-8-5-13-21-19/h2-4,6-7,9-12,15,19,21-22H,5,8,13-14H2,1H3,(H,23,24). The Morgan fingerprint density at radius 1 is 1.12 bits per heavy atom. The number of carbonyl (C=O) groups excluding carboxylic acids is 1. The molecule has 0 bridgehead atoms. The molecule has 0 aliphatic carbocycles. The largest absolute Gasteiger partial charge is 0.379 e. The van der Waals surface area contributed by atoms with E-state index in [0.717, 1.165) is 30.8 Å². The highest BCUT2D eigenvalue weighted by Gasteiger charge is 2.17. The number of rotatable bonds is 6. The van der Waals surface area contributed by atoms with Crippen LogP contribution in [0.3, 0.4) is 0 Å². The van der Waals surface area contributed by atoms with Crippen molar-refractivity contribution in [2.75, 3.05) is 17.2 Å². The monoisotopic (exact) mass is 323 g/mol. The summed E-state index contributed by atoms with van der Waals surface area (Å²) in [7, 11) is 0. The molecule has 24 heavy (non-hydrogen) atoms. The molecule has 3 rings (SSSR count). The van der Waals surface area contributed by atoms with Gasteiger partial charge in [0.05, 0.1) is 0 Å². The van der Waals surface area contributed by atoms with Crippen molar-refractivity contribution >= 4 is 17.3 Å². The van der Waals surface area contributed by atoms with E-state index in [1.165, 1.54) is 5.56 Å². The van der Waals surface area contributed by atoms with Crippen LogP contribution in [0.1, 0.15) is 37.8 Å². The molecule has 0 aromatic heterocycles. The lowest BCUT2D eigenvalue weighted by atomic mass is 10.1. The highest BCUT2D eigenvalue weighted by atomic mass is 16.1. The molecule has 0 radical (unpaired) electrons. The molecule has 1 aliphatic rings. The summed E-state index contributed by atoms with van der Waals surface area (Å²) in [6, 6.07) is 18.8. The molecule has 2 aromatic carbocycles. The third-order valence-electron chi connectivity index (χ3n) is 4.45. The molecule has 126 valence electrons. The van der Waals surface area contributed by atoms with E-state index in [-0.39, 0.29) is 11.9 Å². The molecular weight excluding hydrogens is 298 g/mol.